The summed E-state index contributed by atoms with van der Waals surface area (Å²) in [6.07, 6.45) is 0. The lowest BCUT2D eigenvalue weighted by Crippen LogP contribution is -2.11. The lowest BCUT2D eigenvalue weighted by Gasteiger charge is -2.03. The minimum absolute atomic E-state index is 0.121. The van der Waals surface area contributed by atoms with E-state index in [0.717, 1.165) is 32.4 Å². The van der Waals surface area contributed by atoms with Crippen LogP contribution in [0.15, 0.2) is 56.7 Å². The summed E-state index contributed by atoms with van der Waals surface area (Å²) in [5.74, 6) is -0.184. The van der Waals surface area contributed by atoms with Crippen molar-refractivity contribution in [3.63, 3.8) is 0 Å². The van der Waals surface area contributed by atoms with Crippen molar-refractivity contribution in [1.29, 1.82) is 0 Å². The van der Waals surface area contributed by atoms with Crippen LogP contribution in [0.3, 0.4) is 0 Å². The van der Waals surface area contributed by atoms with Gasteiger partial charge in [0.2, 0.25) is 5.91 Å². The number of aryl methyl sites for hydroxylation is 1. The van der Waals surface area contributed by atoms with Crippen molar-refractivity contribution in [2.24, 2.45) is 0 Å². The number of thiazole rings is 1. The van der Waals surface area contributed by atoms with Crippen molar-refractivity contribution in [2.45, 2.75) is 13.8 Å². The summed E-state index contributed by atoms with van der Waals surface area (Å²) in [6, 6.07) is 13.0. The molecule has 6 nitrogen and oxygen atoms in total. The quantitative estimate of drug-likeness (QED) is 0.393. The summed E-state index contributed by atoms with van der Waals surface area (Å²) in [5, 5.41) is 8.78. The summed E-state index contributed by atoms with van der Waals surface area (Å²) in [7, 11) is 0. The van der Waals surface area contributed by atoms with Crippen LogP contribution in [0, 0.1) is 6.92 Å². The fourth-order valence-corrected chi connectivity index (χ4v) is 4.03. The maximum absolute atomic E-state index is 12.7. The van der Waals surface area contributed by atoms with E-state index in [0.29, 0.717) is 10.7 Å². The second kappa shape index (κ2) is 7.81. The third-order valence-electron chi connectivity index (χ3n) is 4.33. The van der Waals surface area contributed by atoms with Crippen molar-refractivity contribution in [3.05, 3.63) is 63.6 Å². The maximum Gasteiger partial charge on any atom is 0.293 e. The van der Waals surface area contributed by atoms with Gasteiger partial charge in [0.1, 0.15) is 5.58 Å². The molecule has 0 fully saturated rings. The van der Waals surface area contributed by atoms with Crippen LogP contribution in [-0.2, 0) is 4.79 Å². The van der Waals surface area contributed by atoms with Gasteiger partial charge in [-0.25, -0.2) is 4.98 Å². The first-order valence-corrected chi connectivity index (χ1v) is 10.4. The summed E-state index contributed by atoms with van der Waals surface area (Å²) < 4.78 is 6.66. The van der Waals surface area contributed by atoms with Gasteiger partial charge in [0.05, 0.1) is 5.69 Å². The van der Waals surface area contributed by atoms with Crippen LogP contribution in [0.1, 0.15) is 23.0 Å². The highest BCUT2D eigenvalue weighted by atomic mass is 79.9. The summed E-state index contributed by atoms with van der Waals surface area (Å²) in [6.45, 7) is 3.32. The molecule has 4 aromatic rings. The molecule has 0 saturated heterocycles. The number of hydrogen-bond donors (Lipinski definition) is 2. The van der Waals surface area contributed by atoms with E-state index in [1.54, 1.807) is 0 Å². The van der Waals surface area contributed by atoms with Crippen LogP contribution in [0.5, 0.6) is 0 Å². The van der Waals surface area contributed by atoms with Crippen LogP contribution in [0.25, 0.3) is 22.2 Å². The Morgan fingerprint density at radius 3 is 2.59 bits per heavy atom. The molecule has 0 aliphatic heterocycles. The topological polar surface area (TPSA) is 84.2 Å². The first-order chi connectivity index (χ1) is 13.9. The Bertz CT molecular complexity index is 1230. The summed E-state index contributed by atoms with van der Waals surface area (Å²) >= 11 is 4.77. The Morgan fingerprint density at radius 2 is 1.86 bits per heavy atom. The number of halogens is 1. The van der Waals surface area contributed by atoms with E-state index in [1.165, 1.54) is 18.3 Å². The van der Waals surface area contributed by atoms with Gasteiger partial charge in [-0.2, -0.15) is 0 Å². The summed E-state index contributed by atoms with van der Waals surface area (Å²) in [4.78, 5) is 28.3. The van der Waals surface area contributed by atoms with Crippen molar-refractivity contribution in [3.8, 4) is 11.3 Å². The first-order valence-electron chi connectivity index (χ1n) is 8.74. The molecule has 29 heavy (non-hydrogen) atoms. The zero-order valence-corrected chi connectivity index (χ0v) is 18.0. The highest BCUT2D eigenvalue weighted by Crippen LogP contribution is 2.30. The molecule has 0 atom stereocenters. The number of nitrogens with one attached hydrogen (secondary N) is 2. The van der Waals surface area contributed by atoms with Crippen molar-refractivity contribution in [2.75, 3.05) is 10.6 Å². The molecule has 2 N–H and O–H groups in total. The second-order valence-electron chi connectivity index (χ2n) is 6.45. The van der Waals surface area contributed by atoms with E-state index in [1.807, 2.05) is 54.8 Å². The van der Waals surface area contributed by atoms with Gasteiger partial charge in [0.15, 0.2) is 10.9 Å². The number of carbonyl (C=O) groups is 2. The number of fused-ring (bicyclic) bond motifs is 1. The van der Waals surface area contributed by atoms with Gasteiger partial charge >= 0.3 is 0 Å². The number of amides is 2. The molecular formula is C21H16BrN3O3S. The molecule has 0 saturated carbocycles. The SMILES string of the molecule is CC(=O)Nc1ccc(-c2csc(NC(=O)c3oc4ccc(Br)cc4c3C)n2)cc1. The maximum atomic E-state index is 12.7. The molecule has 2 aromatic heterocycles. The van der Waals surface area contributed by atoms with Crippen molar-refractivity contribution >= 4 is 60.9 Å². The fourth-order valence-electron chi connectivity index (χ4n) is 2.95. The number of aromatic nitrogens is 1. The van der Waals surface area contributed by atoms with Crippen molar-refractivity contribution in [1.82, 2.24) is 4.98 Å². The predicted molar refractivity (Wildman–Crippen MR) is 118 cm³/mol. The third-order valence-corrected chi connectivity index (χ3v) is 5.58. The molecule has 2 amide bonds. The zero-order chi connectivity index (χ0) is 20.5. The molecule has 4 rings (SSSR count). The molecule has 0 aliphatic carbocycles. The van der Waals surface area contributed by atoms with Crippen LogP contribution in [0.2, 0.25) is 0 Å². The number of hydrogen-bond acceptors (Lipinski definition) is 5. The van der Waals surface area contributed by atoms with Gasteiger partial charge in [0.25, 0.3) is 5.91 Å². The smallest absolute Gasteiger partial charge is 0.293 e. The van der Waals surface area contributed by atoms with Gasteiger partial charge in [-0.1, -0.05) is 28.1 Å². The molecule has 0 unspecified atom stereocenters. The Hall–Kier alpha value is -2.97. The lowest BCUT2D eigenvalue weighted by atomic mass is 10.1. The average molecular weight is 470 g/mol. The molecule has 8 heteroatoms. The number of furan rings is 1. The van der Waals surface area contributed by atoms with Crippen LogP contribution < -0.4 is 10.6 Å². The monoisotopic (exact) mass is 469 g/mol. The van der Waals surface area contributed by atoms with Crippen LogP contribution in [0.4, 0.5) is 10.8 Å². The number of rotatable bonds is 4. The molecule has 2 heterocycles. The third kappa shape index (κ3) is 4.08. The average Bonchev–Trinajstić information content (AvgIpc) is 3.27. The van der Waals surface area contributed by atoms with Crippen molar-refractivity contribution < 1.29 is 14.0 Å². The molecule has 0 bridgehead atoms. The van der Waals surface area contributed by atoms with E-state index in [-0.39, 0.29) is 17.6 Å². The van der Waals surface area contributed by atoms with E-state index in [4.69, 9.17) is 4.42 Å². The fraction of sp³-hybridized carbons (Fsp3) is 0.0952. The zero-order valence-electron chi connectivity index (χ0n) is 15.6. The Kier molecular flexibility index (Phi) is 5.21. The highest BCUT2D eigenvalue weighted by Gasteiger charge is 2.19. The van der Waals surface area contributed by atoms with E-state index < -0.39 is 0 Å². The molecule has 0 radical (unpaired) electrons. The second-order valence-corrected chi connectivity index (χ2v) is 8.22. The molecule has 146 valence electrons. The number of anilines is 2. The Labute approximate surface area is 179 Å². The molecule has 0 spiro atoms. The minimum Gasteiger partial charge on any atom is -0.451 e. The number of carbonyl (C=O) groups excluding carboxylic acids is 2. The molecule has 0 aliphatic rings. The minimum atomic E-state index is -0.336. The van der Waals surface area contributed by atoms with Gasteiger partial charge < -0.3 is 9.73 Å². The van der Waals surface area contributed by atoms with E-state index >= 15 is 0 Å². The Morgan fingerprint density at radius 1 is 1.10 bits per heavy atom. The van der Waals surface area contributed by atoms with Crippen LogP contribution >= 0.6 is 27.3 Å². The lowest BCUT2D eigenvalue weighted by molar-refractivity contribution is -0.114. The van der Waals surface area contributed by atoms with Gasteiger partial charge in [0, 0.05) is 39.0 Å². The summed E-state index contributed by atoms with van der Waals surface area (Å²) in [5.41, 5.74) is 3.79. The normalized spacial score (nSPS) is 10.9. The molecular weight excluding hydrogens is 454 g/mol. The van der Waals surface area contributed by atoms with Crippen LogP contribution in [-0.4, -0.2) is 16.8 Å². The molecule has 2 aromatic carbocycles. The van der Waals surface area contributed by atoms with Gasteiger partial charge in [-0.05, 0) is 37.3 Å². The van der Waals surface area contributed by atoms with E-state index in [2.05, 4.69) is 31.5 Å². The number of benzene rings is 2. The Balaban J connectivity index is 1.52. The first kappa shape index (κ1) is 19.4. The largest absolute Gasteiger partial charge is 0.451 e. The van der Waals surface area contributed by atoms with Gasteiger partial charge in [-0.15, -0.1) is 11.3 Å². The van der Waals surface area contributed by atoms with Gasteiger partial charge in [-0.3, -0.25) is 14.9 Å². The highest BCUT2D eigenvalue weighted by molar-refractivity contribution is 9.10. The van der Waals surface area contributed by atoms with E-state index in [9.17, 15) is 9.59 Å². The number of nitrogens with zero attached hydrogens (tertiary/aromatic N) is 1. The predicted octanol–water partition coefficient (Wildman–Crippen LogP) is 5.84. The standard InChI is InChI=1S/C21H16BrN3O3S/c1-11-16-9-14(22)5-8-18(16)28-19(11)20(27)25-21-24-17(10-29-21)13-3-6-15(7-4-13)23-12(2)26/h3-10H,1-2H3,(H,23,26)(H,24,25,27).